The van der Waals surface area contributed by atoms with Crippen LogP contribution < -0.4 is 5.32 Å². The summed E-state index contributed by atoms with van der Waals surface area (Å²) in [6, 6.07) is 6.02. The summed E-state index contributed by atoms with van der Waals surface area (Å²) in [6.45, 7) is 7.73. The summed E-state index contributed by atoms with van der Waals surface area (Å²) < 4.78 is 11.4. The number of methoxy groups -OCH3 is 1. The lowest BCUT2D eigenvalue weighted by Crippen LogP contribution is -2.42. The van der Waals surface area contributed by atoms with Crippen molar-refractivity contribution in [3.05, 3.63) is 47.3 Å². The molecule has 1 heterocycles. The van der Waals surface area contributed by atoms with Crippen LogP contribution in [0, 0.1) is 12.8 Å². The van der Waals surface area contributed by atoms with E-state index in [0.717, 1.165) is 0 Å². The number of nitrogens with zero attached hydrogens (tertiary/aromatic N) is 2. The lowest BCUT2D eigenvalue weighted by Gasteiger charge is -2.18. The third-order valence-corrected chi connectivity index (χ3v) is 4.38. The number of amides is 1. The van der Waals surface area contributed by atoms with Crippen molar-refractivity contribution in [2.45, 2.75) is 40.2 Å². The SMILES string of the molecule is CCOC(=O)c1cnn(-c2ccc(C(=O)NC(CC(C)C)C(=O)OC)cc2)c1C. The minimum absolute atomic E-state index is 0.221. The number of carbonyl (C=O) groups excluding carboxylic acids is 3. The zero-order chi connectivity index (χ0) is 21.6. The summed E-state index contributed by atoms with van der Waals surface area (Å²) in [5.74, 6) is -1.04. The van der Waals surface area contributed by atoms with Gasteiger partial charge in [-0.25, -0.2) is 14.3 Å². The number of ether oxygens (including phenoxy) is 2. The average Bonchev–Trinajstić information content (AvgIpc) is 3.08. The zero-order valence-corrected chi connectivity index (χ0v) is 17.4. The van der Waals surface area contributed by atoms with Gasteiger partial charge in [-0.1, -0.05) is 13.8 Å². The molecule has 2 aromatic rings. The van der Waals surface area contributed by atoms with E-state index in [4.69, 9.17) is 9.47 Å². The molecule has 0 aliphatic rings. The van der Waals surface area contributed by atoms with Crippen LogP contribution in [-0.2, 0) is 14.3 Å². The van der Waals surface area contributed by atoms with Crippen LogP contribution in [0.15, 0.2) is 30.5 Å². The smallest absolute Gasteiger partial charge is 0.341 e. The molecule has 1 N–H and O–H groups in total. The van der Waals surface area contributed by atoms with Crippen LogP contribution >= 0.6 is 0 Å². The van der Waals surface area contributed by atoms with Crippen molar-refractivity contribution in [2.75, 3.05) is 13.7 Å². The zero-order valence-electron chi connectivity index (χ0n) is 17.4. The molecule has 0 radical (unpaired) electrons. The van der Waals surface area contributed by atoms with Gasteiger partial charge in [0.15, 0.2) is 0 Å². The number of rotatable bonds is 8. The van der Waals surface area contributed by atoms with E-state index in [2.05, 4.69) is 10.4 Å². The predicted octanol–water partition coefficient (Wildman–Crippen LogP) is 2.67. The van der Waals surface area contributed by atoms with Crippen molar-refractivity contribution < 1.29 is 23.9 Å². The van der Waals surface area contributed by atoms with Gasteiger partial charge in [0.2, 0.25) is 0 Å². The largest absolute Gasteiger partial charge is 0.467 e. The minimum atomic E-state index is -0.701. The Morgan fingerprint density at radius 1 is 1.17 bits per heavy atom. The number of esters is 2. The van der Waals surface area contributed by atoms with Gasteiger partial charge < -0.3 is 14.8 Å². The summed E-state index contributed by atoms with van der Waals surface area (Å²) in [6.07, 6.45) is 1.94. The maximum absolute atomic E-state index is 12.5. The first-order chi connectivity index (χ1) is 13.8. The van der Waals surface area contributed by atoms with E-state index in [-0.39, 0.29) is 18.4 Å². The van der Waals surface area contributed by atoms with Crippen molar-refractivity contribution in [1.29, 1.82) is 0 Å². The lowest BCUT2D eigenvalue weighted by molar-refractivity contribution is -0.143. The Hall–Kier alpha value is -3.16. The molecule has 8 heteroatoms. The molecular formula is C21H27N3O5. The molecule has 0 spiro atoms. The van der Waals surface area contributed by atoms with E-state index in [1.54, 1.807) is 42.8 Å². The third kappa shape index (κ3) is 5.43. The van der Waals surface area contributed by atoms with E-state index < -0.39 is 18.0 Å². The topological polar surface area (TPSA) is 99.5 Å². The van der Waals surface area contributed by atoms with Gasteiger partial charge in [0.05, 0.1) is 31.3 Å². The van der Waals surface area contributed by atoms with Crippen LogP contribution in [0.3, 0.4) is 0 Å². The second kappa shape index (κ2) is 9.86. The van der Waals surface area contributed by atoms with Crippen LogP contribution in [0.4, 0.5) is 0 Å². The Bertz CT molecular complexity index is 871. The van der Waals surface area contributed by atoms with Crippen LogP contribution in [0.5, 0.6) is 0 Å². The van der Waals surface area contributed by atoms with Crippen molar-refractivity contribution in [3.63, 3.8) is 0 Å². The molecule has 2 rings (SSSR count). The number of hydrogen-bond acceptors (Lipinski definition) is 6. The van der Waals surface area contributed by atoms with E-state index in [9.17, 15) is 14.4 Å². The van der Waals surface area contributed by atoms with E-state index in [1.165, 1.54) is 13.3 Å². The Morgan fingerprint density at radius 3 is 2.38 bits per heavy atom. The average molecular weight is 401 g/mol. The Labute approximate surface area is 170 Å². The molecule has 1 atom stereocenters. The van der Waals surface area contributed by atoms with Crippen molar-refractivity contribution in [3.8, 4) is 5.69 Å². The molecule has 0 bridgehead atoms. The van der Waals surface area contributed by atoms with Gasteiger partial charge in [-0.2, -0.15) is 5.10 Å². The molecule has 1 unspecified atom stereocenters. The Kier molecular flexibility index (Phi) is 7.52. The van der Waals surface area contributed by atoms with Gasteiger partial charge in [0, 0.05) is 5.56 Å². The second-order valence-corrected chi connectivity index (χ2v) is 7.00. The van der Waals surface area contributed by atoms with Gasteiger partial charge in [0.25, 0.3) is 5.91 Å². The maximum atomic E-state index is 12.5. The van der Waals surface area contributed by atoms with Gasteiger partial charge in [0.1, 0.15) is 11.6 Å². The molecule has 29 heavy (non-hydrogen) atoms. The summed E-state index contributed by atoms with van der Waals surface area (Å²) in [5, 5.41) is 6.96. The quantitative estimate of drug-likeness (QED) is 0.683. The number of nitrogens with one attached hydrogen (secondary N) is 1. The molecule has 1 amide bonds. The number of benzene rings is 1. The van der Waals surface area contributed by atoms with Gasteiger partial charge >= 0.3 is 11.9 Å². The summed E-state index contributed by atoms with van der Waals surface area (Å²) in [7, 11) is 1.30. The number of aromatic nitrogens is 2. The van der Waals surface area contributed by atoms with Crippen molar-refractivity contribution in [1.82, 2.24) is 15.1 Å². The molecule has 0 saturated heterocycles. The Morgan fingerprint density at radius 2 is 1.83 bits per heavy atom. The highest BCUT2D eigenvalue weighted by atomic mass is 16.5. The standard InChI is InChI=1S/C21H27N3O5/c1-6-29-20(26)17-12-22-24(14(17)4)16-9-7-15(8-10-16)19(25)23-18(11-13(2)3)21(27)28-5/h7-10,12-13,18H,6,11H2,1-5H3,(H,23,25). The molecule has 8 nitrogen and oxygen atoms in total. The van der Waals surface area contributed by atoms with Crippen molar-refractivity contribution >= 4 is 17.8 Å². The first kappa shape index (κ1) is 22.1. The fraction of sp³-hybridized carbons (Fsp3) is 0.429. The molecule has 1 aromatic carbocycles. The normalized spacial score (nSPS) is 11.8. The lowest BCUT2D eigenvalue weighted by atomic mass is 10.0. The monoisotopic (exact) mass is 401 g/mol. The number of hydrogen-bond donors (Lipinski definition) is 1. The fourth-order valence-electron chi connectivity index (χ4n) is 2.90. The van der Waals surface area contributed by atoms with E-state index >= 15 is 0 Å². The summed E-state index contributed by atoms with van der Waals surface area (Å²) >= 11 is 0. The fourth-order valence-corrected chi connectivity index (χ4v) is 2.90. The van der Waals surface area contributed by atoms with Crippen LogP contribution in [-0.4, -0.2) is 47.4 Å². The van der Waals surface area contributed by atoms with Crippen LogP contribution in [0.25, 0.3) is 5.69 Å². The molecule has 156 valence electrons. The van der Waals surface area contributed by atoms with Crippen molar-refractivity contribution in [2.24, 2.45) is 5.92 Å². The van der Waals surface area contributed by atoms with Gasteiger partial charge in [-0.15, -0.1) is 0 Å². The van der Waals surface area contributed by atoms with Crippen LogP contribution in [0.1, 0.15) is 53.6 Å². The summed E-state index contributed by atoms with van der Waals surface area (Å²) in [4.78, 5) is 36.4. The van der Waals surface area contributed by atoms with Gasteiger partial charge in [-0.05, 0) is 50.5 Å². The minimum Gasteiger partial charge on any atom is -0.467 e. The molecule has 0 saturated carbocycles. The molecule has 0 aliphatic carbocycles. The molecule has 0 fully saturated rings. The maximum Gasteiger partial charge on any atom is 0.341 e. The predicted molar refractivity (Wildman–Crippen MR) is 107 cm³/mol. The van der Waals surface area contributed by atoms with Gasteiger partial charge in [-0.3, -0.25) is 4.79 Å². The molecule has 1 aromatic heterocycles. The Balaban J connectivity index is 2.16. The van der Waals surface area contributed by atoms with E-state index in [0.29, 0.717) is 28.9 Å². The highest BCUT2D eigenvalue weighted by molar-refractivity contribution is 5.97. The summed E-state index contributed by atoms with van der Waals surface area (Å²) in [5.41, 5.74) is 2.13. The molecule has 0 aliphatic heterocycles. The second-order valence-electron chi connectivity index (χ2n) is 7.00. The number of carbonyl (C=O) groups is 3. The van der Waals surface area contributed by atoms with E-state index in [1.807, 2.05) is 13.8 Å². The van der Waals surface area contributed by atoms with Crippen LogP contribution in [0.2, 0.25) is 0 Å². The first-order valence-corrected chi connectivity index (χ1v) is 9.49. The molecular weight excluding hydrogens is 374 g/mol. The first-order valence-electron chi connectivity index (χ1n) is 9.49. The third-order valence-electron chi connectivity index (χ3n) is 4.38. The highest BCUT2D eigenvalue weighted by Gasteiger charge is 2.23. The highest BCUT2D eigenvalue weighted by Crippen LogP contribution is 2.16.